The molecule has 0 aliphatic heterocycles. The van der Waals surface area contributed by atoms with E-state index in [-0.39, 0.29) is 5.41 Å². The Morgan fingerprint density at radius 2 is 2.12 bits per heavy atom. The molecule has 3 nitrogen and oxygen atoms in total. The minimum atomic E-state index is 0.178. The normalized spacial score (nSPS) is 11.5. The van der Waals surface area contributed by atoms with Gasteiger partial charge < -0.3 is 11.1 Å². The molecule has 1 aromatic rings. The third kappa shape index (κ3) is 3.19. The van der Waals surface area contributed by atoms with Crippen LogP contribution in [-0.2, 0) is 0 Å². The molecule has 90 valence electrons. The van der Waals surface area contributed by atoms with Crippen LogP contribution in [0.15, 0.2) is 22.8 Å². The maximum Gasteiger partial charge on any atom is 0.140 e. The van der Waals surface area contributed by atoms with Crippen molar-refractivity contribution in [2.45, 2.75) is 26.7 Å². The fourth-order valence-corrected chi connectivity index (χ4v) is 2.04. The lowest BCUT2D eigenvalue weighted by Gasteiger charge is -2.30. The van der Waals surface area contributed by atoms with Crippen molar-refractivity contribution < 1.29 is 0 Å². The number of pyridine rings is 1. The molecule has 16 heavy (non-hydrogen) atoms. The Hall–Kier alpha value is -0.610. The molecule has 0 spiro atoms. The zero-order valence-electron chi connectivity index (χ0n) is 9.96. The Morgan fingerprint density at radius 1 is 1.44 bits per heavy atom. The van der Waals surface area contributed by atoms with Gasteiger partial charge in [-0.1, -0.05) is 13.8 Å². The number of anilines is 1. The summed E-state index contributed by atoms with van der Waals surface area (Å²) in [5.41, 5.74) is 6.04. The van der Waals surface area contributed by atoms with Crippen molar-refractivity contribution in [1.82, 2.24) is 4.98 Å². The Balaban J connectivity index is 2.66. The van der Waals surface area contributed by atoms with Crippen molar-refractivity contribution in [2.24, 2.45) is 11.1 Å². The highest BCUT2D eigenvalue weighted by Gasteiger charge is 2.24. The number of halogens is 1. The zero-order valence-corrected chi connectivity index (χ0v) is 11.5. The van der Waals surface area contributed by atoms with Crippen molar-refractivity contribution in [3.63, 3.8) is 0 Å². The molecule has 0 fully saturated rings. The highest BCUT2D eigenvalue weighted by Crippen LogP contribution is 2.26. The molecule has 1 aromatic heterocycles. The lowest BCUT2D eigenvalue weighted by molar-refractivity contribution is 0.294. The number of nitrogens with one attached hydrogen (secondary N) is 1. The average Bonchev–Trinajstić information content (AvgIpc) is 2.34. The van der Waals surface area contributed by atoms with E-state index in [2.05, 4.69) is 40.1 Å². The third-order valence-electron chi connectivity index (χ3n) is 3.32. The van der Waals surface area contributed by atoms with Crippen LogP contribution in [0.2, 0.25) is 0 Å². The summed E-state index contributed by atoms with van der Waals surface area (Å²) in [5, 5.41) is 3.37. The fraction of sp³-hybridized carbons (Fsp3) is 0.583. The van der Waals surface area contributed by atoms with Gasteiger partial charge in [-0.15, -0.1) is 0 Å². The van der Waals surface area contributed by atoms with Gasteiger partial charge in [0.15, 0.2) is 0 Å². The highest BCUT2D eigenvalue weighted by molar-refractivity contribution is 9.10. The summed E-state index contributed by atoms with van der Waals surface area (Å²) in [5.74, 6) is 0.891. The van der Waals surface area contributed by atoms with Crippen LogP contribution in [0.25, 0.3) is 0 Å². The fourth-order valence-electron chi connectivity index (χ4n) is 1.65. The minimum Gasteiger partial charge on any atom is -0.369 e. The number of hydrogen-bond donors (Lipinski definition) is 2. The quantitative estimate of drug-likeness (QED) is 0.845. The number of nitrogens with two attached hydrogens (primary N) is 1. The first kappa shape index (κ1) is 13.5. The smallest absolute Gasteiger partial charge is 0.140 e. The molecule has 0 aliphatic carbocycles. The third-order valence-corrected chi connectivity index (χ3v) is 3.96. The van der Waals surface area contributed by atoms with Gasteiger partial charge in [-0.05, 0) is 52.9 Å². The van der Waals surface area contributed by atoms with Gasteiger partial charge >= 0.3 is 0 Å². The molecule has 0 saturated carbocycles. The molecule has 0 radical (unpaired) electrons. The van der Waals surface area contributed by atoms with Crippen molar-refractivity contribution in [1.29, 1.82) is 0 Å². The van der Waals surface area contributed by atoms with Crippen molar-refractivity contribution in [2.75, 3.05) is 18.4 Å². The summed E-state index contributed by atoms with van der Waals surface area (Å²) < 4.78 is 0.994. The van der Waals surface area contributed by atoms with Crippen molar-refractivity contribution in [3.8, 4) is 0 Å². The van der Waals surface area contributed by atoms with Crippen LogP contribution in [0, 0.1) is 5.41 Å². The number of hydrogen-bond acceptors (Lipinski definition) is 3. The zero-order chi connectivity index (χ0) is 12.0. The lowest BCUT2D eigenvalue weighted by Crippen LogP contribution is -2.36. The second kappa shape index (κ2) is 6.21. The van der Waals surface area contributed by atoms with E-state index in [9.17, 15) is 0 Å². The number of nitrogens with zero attached hydrogens (tertiary/aromatic N) is 1. The first-order chi connectivity index (χ1) is 7.67. The molecule has 0 saturated heterocycles. The molecule has 0 bridgehead atoms. The number of rotatable bonds is 6. The summed E-state index contributed by atoms with van der Waals surface area (Å²) in [6.07, 6.45) is 3.95. The molecule has 3 N–H and O–H groups in total. The second-order valence-corrected chi connectivity index (χ2v) is 4.95. The Labute approximate surface area is 106 Å². The summed E-state index contributed by atoms with van der Waals surface area (Å²) in [4.78, 5) is 4.29. The molecule has 0 amide bonds. The van der Waals surface area contributed by atoms with Crippen LogP contribution in [0.5, 0.6) is 0 Å². The van der Waals surface area contributed by atoms with E-state index in [1.54, 1.807) is 6.20 Å². The van der Waals surface area contributed by atoms with Crippen LogP contribution in [-0.4, -0.2) is 18.1 Å². The molecule has 0 aromatic carbocycles. The molecule has 0 atom stereocenters. The average molecular weight is 286 g/mol. The maximum atomic E-state index is 5.86. The van der Waals surface area contributed by atoms with E-state index in [1.165, 1.54) is 0 Å². The van der Waals surface area contributed by atoms with Crippen LogP contribution in [0.3, 0.4) is 0 Å². The summed E-state index contributed by atoms with van der Waals surface area (Å²) in [7, 11) is 0. The molecular weight excluding hydrogens is 266 g/mol. The monoisotopic (exact) mass is 285 g/mol. The van der Waals surface area contributed by atoms with Crippen LogP contribution in [0.4, 0.5) is 5.82 Å². The van der Waals surface area contributed by atoms with Crippen molar-refractivity contribution in [3.05, 3.63) is 22.8 Å². The molecular formula is C12H20BrN3. The Bertz CT molecular complexity index is 316. The van der Waals surface area contributed by atoms with Crippen molar-refractivity contribution >= 4 is 21.7 Å². The molecule has 4 heteroatoms. The van der Waals surface area contributed by atoms with Gasteiger partial charge in [0.1, 0.15) is 5.82 Å². The summed E-state index contributed by atoms with van der Waals surface area (Å²) >= 11 is 3.47. The minimum absolute atomic E-state index is 0.178. The van der Waals surface area contributed by atoms with Gasteiger partial charge in [-0.2, -0.15) is 0 Å². The molecule has 1 heterocycles. The second-order valence-electron chi connectivity index (χ2n) is 4.10. The predicted molar refractivity (Wildman–Crippen MR) is 72.5 cm³/mol. The van der Waals surface area contributed by atoms with E-state index in [1.807, 2.05) is 12.1 Å². The number of aromatic nitrogens is 1. The maximum absolute atomic E-state index is 5.86. The standard InChI is InChI=1S/C12H20BrN3/c1-3-12(4-2,8-14)9-16-11-10(13)6-5-7-15-11/h5-7H,3-4,8-9,14H2,1-2H3,(H,15,16). The van der Waals surface area contributed by atoms with Gasteiger partial charge in [-0.25, -0.2) is 4.98 Å². The van der Waals surface area contributed by atoms with E-state index in [0.717, 1.165) is 29.7 Å². The summed E-state index contributed by atoms with van der Waals surface area (Å²) in [6.45, 7) is 5.95. The molecule has 0 aliphatic rings. The van der Waals surface area contributed by atoms with E-state index in [4.69, 9.17) is 5.73 Å². The highest BCUT2D eigenvalue weighted by atomic mass is 79.9. The van der Waals surface area contributed by atoms with Gasteiger partial charge in [0.2, 0.25) is 0 Å². The largest absolute Gasteiger partial charge is 0.369 e. The first-order valence-corrected chi connectivity index (χ1v) is 6.51. The lowest BCUT2D eigenvalue weighted by atomic mass is 9.82. The predicted octanol–water partition coefficient (Wildman–Crippen LogP) is 3.02. The van der Waals surface area contributed by atoms with Crippen LogP contribution in [0.1, 0.15) is 26.7 Å². The molecule has 1 rings (SSSR count). The van der Waals surface area contributed by atoms with E-state index in [0.29, 0.717) is 6.54 Å². The first-order valence-electron chi connectivity index (χ1n) is 5.72. The van der Waals surface area contributed by atoms with Gasteiger partial charge in [0, 0.05) is 12.7 Å². The van der Waals surface area contributed by atoms with Gasteiger partial charge in [0.05, 0.1) is 4.47 Å². The molecule has 0 unspecified atom stereocenters. The van der Waals surface area contributed by atoms with Crippen LogP contribution < -0.4 is 11.1 Å². The van der Waals surface area contributed by atoms with E-state index >= 15 is 0 Å². The van der Waals surface area contributed by atoms with Gasteiger partial charge in [-0.3, -0.25) is 0 Å². The SMILES string of the molecule is CCC(CC)(CN)CNc1ncccc1Br. The Morgan fingerprint density at radius 3 is 2.62 bits per heavy atom. The van der Waals surface area contributed by atoms with Gasteiger partial charge in [0.25, 0.3) is 0 Å². The van der Waals surface area contributed by atoms with E-state index < -0.39 is 0 Å². The topological polar surface area (TPSA) is 50.9 Å². The Kier molecular flexibility index (Phi) is 5.22. The summed E-state index contributed by atoms with van der Waals surface area (Å²) in [6, 6.07) is 3.89. The van der Waals surface area contributed by atoms with Crippen LogP contribution >= 0.6 is 15.9 Å².